The summed E-state index contributed by atoms with van der Waals surface area (Å²) >= 11 is 1.84. The van der Waals surface area contributed by atoms with Crippen molar-refractivity contribution < 1.29 is 28.5 Å². The summed E-state index contributed by atoms with van der Waals surface area (Å²) in [6.07, 6.45) is 2.57. The first-order valence-corrected chi connectivity index (χ1v) is 5.08. The number of hydrogen-bond acceptors (Lipinski definition) is 1. The van der Waals surface area contributed by atoms with Gasteiger partial charge in [0.2, 0.25) is 5.01 Å². The molecule has 0 fully saturated rings. The third kappa shape index (κ3) is 3.01. The summed E-state index contributed by atoms with van der Waals surface area (Å²) < 4.78 is 2.40. The number of aromatic nitrogens is 1. The highest BCUT2D eigenvalue weighted by Crippen LogP contribution is 2.05. The van der Waals surface area contributed by atoms with Crippen LogP contribution in [0.5, 0.6) is 0 Å². The van der Waals surface area contributed by atoms with Crippen LogP contribution in [0, 0.1) is 13.8 Å². The molecule has 0 N–H and O–H groups in total. The molecule has 0 saturated carbocycles. The van der Waals surface area contributed by atoms with Gasteiger partial charge in [-0.2, -0.15) is 4.57 Å². The van der Waals surface area contributed by atoms with Crippen LogP contribution in [-0.4, -0.2) is 0 Å². The second-order valence-electron chi connectivity index (χ2n) is 2.90. The van der Waals surface area contributed by atoms with E-state index < -0.39 is 0 Å². The van der Waals surface area contributed by atoms with Crippen molar-refractivity contribution in [2.45, 2.75) is 40.2 Å². The van der Waals surface area contributed by atoms with Crippen LogP contribution in [0.1, 0.15) is 30.5 Å². The first-order valence-electron chi connectivity index (χ1n) is 4.20. The van der Waals surface area contributed by atoms with Gasteiger partial charge in [-0.15, -0.1) is 0 Å². The number of hydrogen-bond donors (Lipinski definition) is 0. The Balaban J connectivity index is 0.00000121. The quantitative estimate of drug-likeness (QED) is 0.521. The van der Waals surface area contributed by atoms with E-state index in [1.165, 1.54) is 30.1 Å². The zero-order chi connectivity index (χ0) is 8.27. The summed E-state index contributed by atoms with van der Waals surface area (Å²) in [5.41, 5.74) is 1.40. The van der Waals surface area contributed by atoms with E-state index >= 15 is 0 Å². The molecule has 0 aliphatic heterocycles. The predicted molar refractivity (Wildman–Crippen MR) is 48.9 cm³/mol. The van der Waals surface area contributed by atoms with E-state index in [0.29, 0.717) is 0 Å². The van der Waals surface area contributed by atoms with E-state index in [2.05, 4.69) is 30.7 Å². The van der Waals surface area contributed by atoms with Gasteiger partial charge in [-0.05, 0) is 0 Å². The molecule has 1 heterocycles. The van der Waals surface area contributed by atoms with Gasteiger partial charge in [0, 0.05) is 20.3 Å². The molecule has 0 aliphatic rings. The van der Waals surface area contributed by atoms with Crippen LogP contribution in [0.15, 0.2) is 5.38 Å². The van der Waals surface area contributed by atoms with Crippen molar-refractivity contribution in [3.05, 3.63) is 16.1 Å². The van der Waals surface area contributed by atoms with Crippen molar-refractivity contribution in [1.82, 2.24) is 0 Å². The van der Waals surface area contributed by atoms with Crippen LogP contribution < -0.4 is 28.5 Å². The van der Waals surface area contributed by atoms with E-state index in [1.54, 1.807) is 0 Å². The van der Waals surface area contributed by atoms with Crippen molar-refractivity contribution in [2.24, 2.45) is 0 Å². The molecule has 0 bridgehead atoms. The molecule has 3 heteroatoms. The number of unbranched alkanes of at least 4 members (excludes halogenated alkanes) is 1. The average molecular weight is 297 g/mol. The largest absolute Gasteiger partial charge is 1.00 e. The Bertz CT molecular complexity index is 213. The molecule has 0 atom stereocenters. The van der Waals surface area contributed by atoms with Gasteiger partial charge in [0.15, 0.2) is 5.69 Å². The minimum absolute atomic E-state index is 0. The van der Waals surface area contributed by atoms with Crippen LogP contribution in [-0.2, 0) is 6.54 Å². The molecule has 1 aromatic rings. The predicted octanol–water partition coefficient (Wildman–Crippen LogP) is -0.543. The summed E-state index contributed by atoms with van der Waals surface area (Å²) in [4.78, 5) is 0. The van der Waals surface area contributed by atoms with E-state index in [1.807, 2.05) is 11.3 Å². The molecular formula is C9H16INS. The summed E-state index contributed by atoms with van der Waals surface area (Å²) in [7, 11) is 0. The number of halogens is 1. The highest BCUT2D eigenvalue weighted by Gasteiger charge is 2.10. The fourth-order valence-electron chi connectivity index (χ4n) is 1.20. The molecule has 0 radical (unpaired) electrons. The molecule has 0 spiro atoms. The maximum Gasteiger partial charge on any atom is 0.234 e. The van der Waals surface area contributed by atoms with Gasteiger partial charge in [-0.25, -0.2) is 0 Å². The van der Waals surface area contributed by atoms with E-state index in [9.17, 15) is 0 Å². The molecule has 1 rings (SSSR count). The Morgan fingerprint density at radius 2 is 2.08 bits per heavy atom. The monoisotopic (exact) mass is 297 g/mol. The third-order valence-corrected chi connectivity index (χ3v) is 2.96. The molecule has 0 saturated heterocycles. The van der Waals surface area contributed by atoms with Crippen LogP contribution in [0.2, 0.25) is 0 Å². The normalized spacial score (nSPS) is 9.58. The minimum atomic E-state index is 0. The highest BCUT2D eigenvalue weighted by atomic mass is 127. The molecule has 70 valence electrons. The van der Waals surface area contributed by atoms with Gasteiger partial charge < -0.3 is 24.0 Å². The molecule has 0 amide bonds. The fraction of sp³-hybridized carbons (Fsp3) is 0.667. The highest BCUT2D eigenvalue weighted by molar-refractivity contribution is 7.09. The lowest BCUT2D eigenvalue weighted by molar-refractivity contribution is -0.703. The molecule has 0 unspecified atom stereocenters. The van der Waals surface area contributed by atoms with Crippen molar-refractivity contribution in [3.63, 3.8) is 0 Å². The van der Waals surface area contributed by atoms with Crippen LogP contribution in [0.4, 0.5) is 0 Å². The smallest absolute Gasteiger partial charge is 0.234 e. The number of rotatable bonds is 3. The lowest BCUT2D eigenvalue weighted by Crippen LogP contribution is -3.00. The molecule has 12 heavy (non-hydrogen) atoms. The maximum atomic E-state index is 2.40. The minimum Gasteiger partial charge on any atom is -1.00 e. The standard InChI is InChI=1S/C9H16NS.HI/c1-4-5-6-10-8(2)7-11-9(10)3;/h7H,4-6H2,1-3H3;1H/q+1;/p-1. The van der Waals surface area contributed by atoms with Crippen molar-refractivity contribution >= 4 is 11.3 Å². The second kappa shape index (κ2) is 5.91. The Hall–Kier alpha value is 0.360. The molecule has 1 aromatic heterocycles. The third-order valence-electron chi connectivity index (χ3n) is 1.94. The molecular weight excluding hydrogens is 281 g/mol. The first kappa shape index (κ1) is 12.4. The topological polar surface area (TPSA) is 3.88 Å². The number of aryl methyl sites for hydroxylation is 2. The van der Waals surface area contributed by atoms with E-state index in [-0.39, 0.29) is 24.0 Å². The number of nitrogens with zero attached hydrogens (tertiary/aromatic N) is 1. The molecule has 0 aliphatic carbocycles. The van der Waals surface area contributed by atoms with Crippen molar-refractivity contribution in [2.75, 3.05) is 0 Å². The summed E-state index contributed by atoms with van der Waals surface area (Å²) in [6.45, 7) is 7.79. The van der Waals surface area contributed by atoms with Gasteiger partial charge >= 0.3 is 0 Å². The first-order chi connectivity index (χ1) is 5.25. The fourth-order valence-corrected chi connectivity index (χ4v) is 2.03. The Labute approximate surface area is 95.8 Å². The summed E-state index contributed by atoms with van der Waals surface area (Å²) in [5, 5.41) is 3.65. The Morgan fingerprint density at radius 3 is 2.50 bits per heavy atom. The Kier molecular flexibility index (Phi) is 6.09. The summed E-state index contributed by atoms with van der Waals surface area (Å²) in [5.74, 6) is 0. The maximum absolute atomic E-state index is 2.40. The van der Waals surface area contributed by atoms with Crippen molar-refractivity contribution in [3.8, 4) is 0 Å². The summed E-state index contributed by atoms with van der Waals surface area (Å²) in [6, 6.07) is 0. The lowest BCUT2D eigenvalue weighted by Gasteiger charge is -1.94. The zero-order valence-electron chi connectivity index (χ0n) is 7.93. The average Bonchev–Trinajstić information content (AvgIpc) is 2.29. The zero-order valence-corrected chi connectivity index (χ0v) is 10.9. The van der Waals surface area contributed by atoms with Gasteiger partial charge in [0.05, 0.1) is 5.38 Å². The van der Waals surface area contributed by atoms with Gasteiger partial charge in [-0.1, -0.05) is 24.7 Å². The van der Waals surface area contributed by atoms with E-state index in [0.717, 1.165) is 0 Å². The second-order valence-corrected chi connectivity index (χ2v) is 3.96. The van der Waals surface area contributed by atoms with Crippen LogP contribution >= 0.6 is 11.3 Å². The van der Waals surface area contributed by atoms with E-state index in [4.69, 9.17) is 0 Å². The Morgan fingerprint density at radius 1 is 1.42 bits per heavy atom. The van der Waals surface area contributed by atoms with Gasteiger partial charge in [0.1, 0.15) is 6.54 Å². The van der Waals surface area contributed by atoms with Gasteiger partial charge in [-0.3, -0.25) is 0 Å². The SMILES string of the molecule is CCCC[n+]1c(C)csc1C.[I-]. The van der Waals surface area contributed by atoms with Crippen molar-refractivity contribution in [1.29, 1.82) is 0 Å². The van der Waals surface area contributed by atoms with Crippen LogP contribution in [0.25, 0.3) is 0 Å². The van der Waals surface area contributed by atoms with Crippen LogP contribution in [0.3, 0.4) is 0 Å². The molecule has 0 aromatic carbocycles. The number of thiazole rings is 1. The lowest BCUT2D eigenvalue weighted by atomic mass is 10.3. The molecule has 1 nitrogen and oxygen atoms in total. The van der Waals surface area contributed by atoms with Gasteiger partial charge in [0.25, 0.3) is 0 Å².